The summed E-state index contributed by atoms with van der Waals surface area (Å²) in [6.07, 6.45) is 0.616. The summed E-state index contributed by atoms with van der Waals surface area (Å²) in [5.41, 5.74) is 7.24. The highest BCUT2D eigenvalue weighted by atomic mass is 79.9. The lowest BCUT2D eigenvalue weighted by Gasteiger charge is -2.04. The molecule has 21 heavy (non-hydrogen) atoms. The third-order valence-corrected chi connectivity index (χ3v) is 4.84. The summed E-state index contributed by atoms with van der Waals surface area (Å²) < 4.78 is 10.7. The van der Waals surface area contributed by atoms with Crippen LogP contribution in [0.25, 0.3) is 10.4 Å². The van der Waals surface area contributed by atoms with Crippen molar-refractivity contribution in [1.82, 2.24) is 0 Å². The van der Waals surface area contributed by atoms with Crippen molar-refractivity contribution in [2.45, 2.75) is 0 Å². The lowest BCUT2D eigenvalue weighted by molar-refractivity contribution is -0.109. The number of thiophene rings is 1. The quantitative estimate of drug-likeness (QED) is 0.497. The van der Waals surface area contributed by atoms with Crippen LogP contribution in [-0.2, 0) is 9.53 Å². The first-order chi connectivity index (χ1) is 10.1. The zero-order chi connectivity index (χ0) is 15.4. The molecule has 1 aromatic carbocycles. The van der Waals surface area contributed by atoms with Gasteiger partial charge < -0.3 is 15.2 Å². The molecule has 2 N–H and O–H groups in total. The number of carbonyl (C=O) groups is 2. The van der Waals surface area contributed by atoms with Crippen molar-refractivity contribution in [2.24, 2.45) is 0 Å². The summed E-state index contributed by atoms with van der Waals surface area (Å²) in [4.78, 5) is 23.4. The standard InChI is InChI=1S/C14H12BrNO4S/c1-19-14(18)13-11(20-6-5-17)10(15)12(21-13)8-3-2-4-9(16)7-8/h2-5,7H,6,16H2,1H3. The van der Waals surface area contributed by atoms with E-state index in [4.69, 9.17) is 15.2 Å². The molecular weight excluding hydrogens is 358 g/mol. The summed E-state index contributed by atoms with van der Waals surface area (Å²) in [5, 5.41) is 0. The molecule has 1 heterocycles. The van der Waals surface area contributed by atoms with Crippen LogP contribution in [0.1, 0.15) is 9.67 Å². The molecule has 0 fully saturated rings. The molecule has 0 unspecified atom stereocenters. The molecule has 0 amide bonds. The molecule has 0 aliphatic rings. The highest BCUT2D eigenvalue weighted by Gasteiger charge is 2.24. The molecule has 0 aliphatic carbocycles. The number of nitrogens with two attached hydrogens (primary N) is 1. The number of ether oxygens (including phenoxy) is 2. The number of methoxy groups -OCH3 is 1. The van der Waals surface area contributed by atoms with Gasteiger partial charge in [-0.15, -0.1) is 11.3 Å². The van der Waals surface area contributed by atoms with Crippen molar-refractivity contribution in [1.29, 1.82) is 0 Å². The Bertz CT molecular complexity index is 684. The first-order valence-electron chi connectivity index (χ1n) is 5.91. The van der Waals surface area contributed by atoms with Gasteiger partial charge in [-0.1, -0.05) is 12.1 Å². The second-order valence-corrected chi connectivity index (χ2v) is 5.81. The van der Waals surface area contributed by atoms with E-state index in [1.165, 1.54) is 18.4 Å². The number of halogens is 1. The number of aldehydes is 1. The fourth-order valence-corrected chi connectivity index (χ4v) is 3.70. The first kappa shape index (κ1) is 15.5. The number of rotatable bonds is 5. The Morgan fingerprint density at radius 1 is 1.48 bits per heavy atom. The van der Waals surface area contributed by atoms with Gasteiger partial charge in [0.05, 0.1) is 16.5 Å². The highest BCUT2D eigenvalue weighted by Crippen LogP contribution is 2.46. The topological polar surface area (TPSA) is 78.6 Å². The van der Waals surface area contributed by atoms with Crippen LogP contribution in [0, 0.1) is 0 Å². The summed E-state index contributed by atoms with van der Waals surface area (Å²) in [6.45, 7) is -0.143. The van der Waals surface area contributed by atoms with Gasteiger partial charge in [0.25, 0.3) is 0 Å². The van der Waals surface area contributed by atoms with Crippen molar-refractivity contribution in [3.05, 3.63) is 33.6 Å². The minimum Gasteiger partial charge on any atom is -0.483 e. The number of hydrogen-bond acceptors (Lipinski definition) is 6. The van der Waals surface area contributed by atoms with E-state index in [0.717, 1.165) is 10.4 Å². The van der Waals surface area contributed by atoms with Gasteiger partial charge in [0.2, 0.25) is 0 Å². The van der Waals surface area contributed by atoms with Crippen molar-refractivity contribution < 1.29 is 19.1 Å². The Hall–Kier alpha value is -1.86. The monoisotopic (exact) mass is 369 g/mol. The number of carbonyl (C=O) groups excluding carboxylic acids is 2. The summed E-state index contributed by atoms with van der Waals surface area (Å²) >= 11 is 4.63. The van der Waals surface area contributed by atoms with Crippen molar-refractivity contribution in [3.8, 4) is 16.2 Å². The fraction of sp³-hybridized carbons (Fsp3) is 0.143. The first-order valence-corrected chi connectivity index (χ1v) is 7.52. The van der Waals surface area contributed by atoms with E-state index >= 15 is 0 Å². The van der Waals surface area contributed by atoms with Gasteiger partial charge in [-0.05, 0) is 33.6 Å². The van der Waals surface area contributed by atoms with Gasteiger partial charge in [-0.25, -0.2) is 4.79 Å². The molecule has 2 aromatic rings. The molecule has 1 aromatic heterocycles. The maximum Gasteiger partial charge on any atom is 0.351 e. The summed E-state index contributed by atoms with van der Waals surface area (Å²) in [5.74, 6) is -0.215. The van der Waals surface area contributed by atoms with Crippen molar-refractivity contribution in [3.63, 3.8) is 0 Å². The van der Waals surface area contributed by atoms with Crippen LogP contribution in [0.4, 0.5) is 5.69 Å². The minimum absolute atomic E-state index is 0.143. The number of hydrogen-bond donors (Lipinski definition) is 1. The molecule has 5 nitrogen and oxygen atoms in total. The van der Waals surface area contributed by atoms with E-state index in [-0.39, 0.29) is 6.61 Å². The van der Waals surface area contributed by atoms with E-state index in [1.807, 2.05) is 12.1 Å². The zero-order valence-corrected chi connectivity index (χ0v) is 13.5. The van der Waals surface area contributed by atoms with E-state index in [2.05, 4.69) is 15.9 Å². The molecule has 110 valence electrons. The summed E-state index contributed by atoms with van der Waals surface area (Å²) in [6, 6.07) is 7.26. The van der Waals surface area contributed by atoms with Crippen molar-refractivity contribution in [2.75, 3.05) is 19.5 Å². The molecule has 0 radical (unpaired) electrons. The maximum absolute atomic E-state index is 11.8. The lowest BCUT2D eigenvalue weighted by atomic mass is 10.1. The average Bonchev–Trinajstić information content (AvgIpc) is 2.81. The SMILES string of the molecule is COC(=O)c1sc(-c2cccc(N)c2)c(Br)c1OCC=O. The van der Waals surface area contributed by atoms with E-state index < -0.39 is 5.97 Å². The van der Waals surface area contributed by atoms with Crippen LogP contribution >= 0.6 is 27.3 Å². The predicted molar refractivity (Wildman–Crippen MR) is 84.8 cm³/mol. The smallest absolute Gasteiger partial charge is 0.351 e. The molecule has 0 spiro atoms. The van der Waals surface area contributed by atoms with Gasteiger partial charge in [0.15, 0.2) is 16.9 Å². The van der Waals surface area contributed by atoms with Crippen LogP contribution in [0.15, 0.2) is 28.7 Å². The largest absolute Gasteiger partial charge is 0.483 e. The fourth-order valence-electron chi connectivity index (χ4n) is 1.73. The van der Waals surface area contributed by atoms with E-state index in [9.17, 15) is 9.59 Å². The Morgan fingerprint density at radius 3 is 2.86 bits per heavy atom. The van der Waals surface area contributed by atoms with E-state index in [0.29, 0.717) is 27.1 Å². The second kappa shape index (κ2) is 6.73. The molecule has 0 saturated carbocycles. The zero-order valence-electron chi connectivity index (χ0n) is 11.1. The number of esters is 1. The Labute approximate surface area is 133 Å². The van der Waals surface area contributed by atoms with Gasteiger partial charge in [-0.3, -0.25) is 4.79 Å². The molecule has 2 rings (SSSR count). The normalized spacial score (nSPS) is 10.2. The number of nitrogen functional groups attached to an aromatic ring is 1. The Balaban J connectivity index is 2.54. The van der Waals surface area contributed by atoms with E-state index in [1.54, 1.807) is 12.1 Å². The second-order valence-electron chi connectivity index (χ2n) is 4.00. The average molecular weight is 370 g/mol. The van der Waals surface area contributed by atoms with Crippen LogP contribution in [0.5, 0.6) is 5.75 Å². The van der Waals surface area contributed by atoms with Gasteiger partial charge >= 0.3 is 5.97 Å². The molecular formula is C14H12BrNO4S. The third kappa shape index (κ3) is 3.25. The molecule has 7 heteroatoms. The molecule has 0 saturated heterocycles. The molecule has 0 aliphatic heterocycles. The minimum atomic E-state index is -0.517. The molecule has 0 bridgehead atoms. The van der Waals surface area contributed by atoms with Gasteiger partial charge in [0.1, 0.15) is 6.61 Å². The van der Waals surface area contributed by atoms with Gasteiger partial charge in [0, 0.05) is 5.69 Å². The van der Waals surface area contributed by atoms with Gasteiger partial charge in [-0.2, -0.15) is 0 Å². The van der Waals surface area contributed by atoms with Crippen LogP contribution in [-0.4, -0.2) is 26.0 Å². The predicted octanol–water partition coefficient (Wildman–Crippen LogP) is 3.12. The number of benzene rings is 1. The lowest BCUT2D eigenvalue weighted by Crippen LogP contribution is -2.04. The van der Waals surface area contributed by atoms with Crippen LogP contribution < -0.4 is 10.5 Å². The van der Waals surface area contributed by atoms with Crippen molar-refractivity contribution >= 4 is 45.2 Å². The van der Waals surface area contributed by atoms with Crippen LogP contribution in [0.2, 0.25) is 0 Å². The maximum atomic E-state index is 11.8. The third-order valence-electron chi connectivity index (χ3n) is 2.62. The Morgan fingerprint density at radius 2 is 2.24 bits per heavy atom. The Kier molecular flexibility index (Phi) is 4.98. The highest BCUT2D eigenvalue weighted by molar-refractivity contribution is 9.10. The summed E-state index contributed by atoms with van der Waals surface area (Å²) in [7, 11) is 1.29. The number of anilines is 1. The van der Waals surface area contributed by atoms with Crippen LogP contribution in [0.3, 0.4) is 0 Å². The molecule has 0 atom stereocenters.